The number of hydrogen-bond acceptors (Lipinski definition) is 2. The van der Waals surface area contributed by atoms with E-state index in [2.05, 4.69) is 25.0 Å². The number of carboxylic acid groups (broad SMARTS) is 1. The second kappa shape index (κ2) is 5.13. The highest BCUT2D eigenvalue weighted by molar-refractivity contribution is 5.85. The van der Waals surface area contributed by atoms with Crippen molar-refractivity contribution in [2.45, 2.75) is 31.8 Å². The first-order chi connectivity index (χ1) is 9.36. The first kappa shape index (κ1) is 14.3. The molecule has 0 fully saturated rings. The van der Waals surface area contributed by atoms with Crippen molar-refractivity contribution in [3.8, 4) is 0 Å². The molecule has 0 aliphatic carbocycles. The Balaban J connectivity index is 2.57. The van der Waals surface area contributed by atoms with Gasteiger partial charge >= 0.3 is 5.97 Å². The van der Waals surface area contributed by atoms with E-state index < -0.39 is 12.0 Å². The van der Waals surface area contributed by atoms with E-state index in [1.807, 2.05) is 36.5 Å². The molecule has 2 aromatic rings. The molecule has 1 heterocycles. The largest absolute Gasteiger partial charge is 0.480 e. The van der Waals surface area contributed by atoms with Crippen molar-refractivity contribution in [2.75, 3.05) is 0 Å². The average molecular weight is 272 g/mol. The lowest BCUT2D eigenvalue weighted by atomic mass is 10.1. The second-order valence-corrected chi connectivity index (χ2v) is 5.55. The second-order valence-electron chi connectivity index (χ2n) is 5.55. The molecule has 2 rings (SSSR count). The highest BCUT2D eigenvalue weighted by atomic mass is 16.4. The van der Waals surface area contributed by atoms with Gasteiger partial charge in [-0.25, -0.2) is 0 Å². The van der Waals surface area contributed by atoms with Crippen LogP contribution in [0, 0.1) is 0 Å². The highest BCUT2D eigenvalue weighted by Crippen LogP contribution is 2.29. The lowest BCUT2D eigenvalue weighted by Gasteiger charge is -2.23. The van der Waals surface area contributed by atoms with Gasteiger partial charge in [-0.1, -0.05) is 24.3 Å². The van der Waals surface area contributed by atoms with Gasteiger partial charge in [-0.3, -0.25) is 4.79 Å². The third-order valence-electron chi connectivity index (χ3n) is 3.67. The van der Waals surface area contributed by atoms with Crippen LogP contribution >= 0.6 is 0 Å². The summed E-state index contributed by atoms with van der Waals surface area (Å²) in [6.07, 6.45) is 4.17. The Morgan fingerprint density at radius 2 is 2.15 bits per heavy atom. The molecule has 1 aromatic heterocycles. The topological polar surface area (TPSA) is 68.2 Å². The molecule has 0 spiro atoms. The fraction of sp³-hybridized carbons (Fsp3) is 0.312. The van der Waals surface area contributed by atoms with Gasteiger partial charge < -0.3 is 15.4 Å². The Morgan fingerprint density at radius 3 is 2.75 bits per heavy atom. The molecule has 4 nitrogen and oxygen atoms in total. The number of allylic oxidation sites excluding steroid dienone is 1. The third-order valence-corrected chi connectivity index (χ3v) is 3.67. The standard InChI is InChI=1S/C16H20N2O2/c1-4-16(2,3)18-10-11(9-13(17)15(19)20)12-7-5-6-8-14(12)18/h4-8,10,13H,1,9,17H2,2-3H3,(H,19,20). The van der Waals surface area contributed by atoms with E-state index in [9.17, 15) is 4.79 Å². The van der Waals surface area contributed by atoms with E-state index in [0.717, 1.165) is 16.5 Å². The van der Waals surface area contributed by atoms with Gasteiger partial charge in [0.15, 0.2) is 0 Å². The normalized spacial score (nSPS) is 13.3. The van der Waals surface area contributed by atoms with Crippen LogP contribution in [-0.4, -0.2) is 21.7 Å². The van der Waals surface area contributed by atoms with Crippen LogP contribution in [0.5, 0.6) is 0 Å². The number of carboxylic acids is 1. The minimum Gasteiger partial charge on any atom is -0.480 e. The molecule has 0 aliphatic rings. The Morgan fingerprint density at radius 1 is 1.50 bits per heavy atom. The zero-order valence-electron chi connectivity index (χ0n) is 11.8. The summed E-state index contributed by atoms with van der Waals surface area (Å²) in [6, 6.07) is 7.05. The lowest BCUT2D eigenvalue weighted by molar-refractivity contribution is -0.138. The predicted octanol–water partition coefficient (Wildman–Crippen LogP) is 2.52. The van der Waals surface area contributed by atoms with Crippen molar-refractivity contribution < 1.29 is 9.90 Å². The van der Waals surface area contributed by atoms with Crippen LogP contribution in [0.2, 0.25) is 0 Å². The zero-order chi connectivity index (χ0) is 14.9. The maximum absolute atomic E-state index is 11.0. The summed E-state index contributed by atoms with van der Waals surface area (Å²) < 4.78 is 2.11. The first-order valence-electron chi connectivity index (χ1n) is 6.58. The van der Waals surface area contributed by atoms with Gasteiger partial charge in [0.1, 0.15) is 6.04 Å². The highest BCUT2D eigenvalue weighted by Gasteiger charge is 2.21. The Labute approximate surface area is 118 Å². The molecule has 0 radical (unpaired) electrons. The number of fused-ring (bicyclic) bond motifs is 1. The van der Waals surface area contributed by atoms with Gasteiger partial charge in [0.05, 0.1) is 5.54 Å². The van der Waals surface area contributed by atoms with Gasteiger partial charge in [0.25, 0.3) is 0 Å². The number of aliphatic carboxylic acids is 1. The van der Waals surface area contributed by atoms with E-state index in [1.54, 1.807) is 0 Å². The van der Waals surface area contributed by atoms with E-state index >= 15 is 0 Å². The van der Waals surface area contributed by atoms with E-state index in [-0.39, 0.29) is 5.54 Å². The molecule has 20 heavy (non-hydrogen) atoms. The quantitative estimate of drug-likeness (QED) is 0.822. The Kier molecular flexibility index (Phi) is 3.68. The number of aromatic nitrogens is 1. The van der Waals surface area contributed by atoms with Crippen LogP contribution in [0.3, 0.4) is 0 Å². The molecule has 1 atom stereocenters. The van der Waals surface area contributed by atoms with Crippen LogP contribution in [0.1, 0.15) is 19.4 Å². The van der Waals surface area contributed by atoms with Gasteiger partial charge in [0, 0.05) is 23.5 Å². The van der Waals surface area contributed by atoms with E-state index in [1.165, 1.54) is 0 Å². The van der Waals surface area contributed by atoms with Crippen LogP contribution < -0.4 is 5.73 Å². The van der Waals surface area contributed by atoms with Crippen LogP contribution in [0.15, 0.2) is 43.1 Å². The molecule has 3 N–H and O–H groups in total. The molecule has 1 aromatic carbocycles. The molecule has 0 saturated heterocycles. The Bertz CT molecular complexity index is 656. The first-order valence-corrected chi connectivity index (χ1v) is 6.58. The van der Waals surface area contributed by atoms with Crippen molar-refractivity contribution in [2.24, 2.45) is 5.73 Å². The van der Waals surface area contributed by atoms with Crippen molar-refractivity contribution in [3.05, 3.63) is 48.7 Å². The summed E-state index contributed by atoms with van der Waals surface area (Å²) in [5, 5.41) is 10.0. The minimum atomic E-state index is -0.982. The van der Waals surface area contributed by atoms with Gasteiger partial charge in [-0.15, -0.1) is 6.58 Å². The molecule has 0 bridgehead atoms. The maximum Gasteiger partial charge on any atom is 0.320 e. The van der Waals surface area contributed by atoms with Crippen molar-refractivity contribution in [1.82, 2.24) is 4.57 Å². The number of hydrogen-bond donors (Lipinski definition) is 2. The summed E-state index contributed by atoms with van der Waals surface area (Å²) in [5.74, 6) is -0.982. The smallest absolute Gasteiger partial charge is 0.320 e. The Hall–Kier alpha value is -2.07. The molecule has 1 unspecified atom stereocenters. The molecule has 106 valence electrons. The van der Waals surface area contributed by atoms with Crippen molar-refractivity contribution in [1.29, 1.82) is 0 Å². The summed E-state index contributed by atoms with van der Waals surface area (Å²) in [4.78, 5) is 11.0. The SMILES string of the molecule is C=CC(C)(C)n1cc(CC(N)C(=O)O)c2ccccc21. The van der Waals surface area contributed by atoms with E-state index in [4.69, 9.17) is 10.8 Å². The van der Waals surface area contributed by atoms with Crippen molar-refractivity contribution in [3.63, 3.8) is 0 Å². The molecule has 0 amide bonds. The van der Waals surface area contributed by atoms with Crippen molar-refractivity contribution >= 4 is 16.9 Å². The van der Waals surface area contributed by atoms with Gasteiger partial charge in [0.2, 0.25) is 0 Å². The summed E-state index contributed by atoms with van der Waals surface area (Å²) in [5.41, 5.74) is 7.43. The van der Waals surface area contributed by atoms with Crippen LogP contribution in [0.4, 0.5) is 0 Å². The summed E-state index contributed by atoms with van der Waals surface area (Å²) in [7, 11) is 0. The molecular formula is C16H20N2O2. The molecule has 0 aliphatic heterocycles. The number of para-hydroxylation sites is 1. The minimum absolute atomic E-state index is 0.245. The van der Waals surface area contributed by atoms with E-state index in [0.29, 0.717) is 6.42 Å². The van der Waals surface area contributed by atoms with Gasteiger partial charge in [-0.05, 0) is 25.5 Å². The number of benzene rings is 1. The summed E-state index contributed by atoms with van der Waals surface area (Å²) in [6.45, 7) is 8.00. The fourth-order valence-electron chi connectivity index (χ4n) is 2.31. The predicted molar refractivity (Wildman–Crippen MR) is 80.8 cm³/mol. The monoisotopic (exact) mass is 272 g/mol. The van der Waals surface area contributed by atoms with Gasteiger partial charge in [-0.2, -0.15) is 0 Å². The number of nitrogens with zero attached hydrogens (tertiary/aromatic N) is 1. The molecule has 4 heteroatoms. The van der Waals surface area contributed by atoms with Crippen LogP contribution in [0.25, 0.3) is 10.9 Å². The number of rotatable bonds is 5. The molecular weight excluding hydrogens is 252 g/mol. The third kappa shape index (κ3) is 2.47. The average Bonchev–Trinajstić information content (AvgIpc) is 2.78. The number of nitrogens with two attached hydrogens (primary N) is 1. The summed E-state index contributed by atoms with van der Waals surface area (Å²) >= 11 is 0. The fourth-order valence-corrected chi connectivity index (χ4v) is 2.31. The van der Waals surface area contributed by atoms with Crippen LogP contribution in [-0.2, 0) is 16.8 Å². The maximum atomic E-state index is 11.0. The lowest BCUT2D eigenvalue weighted by Crippen LogP contribution is -2.32. The number of carbonyl (C=O) groups is 1. The molecule has 0 saturated carbocycles. The zero-order valence-corrected chi connectivity index (χ0v) is 11.8.